The summed E-state index contributed by atoms with van der Waals surface area (Å²) in [5.74, 6) is -0.735. The molecule has 1 atom stereocenters. The largest absolute Gasteiger partial charge is 0.496 e. The van der Waals surface area contributed by atoms with Gasteiger partial charge in [-0.25, -0.2) is 8.78 Å². The third kappa shape index (κ3) is 5.13. The van der Waals surface area contributed by atoms with E-state index in [4.69, 9.17) is 4.74 Å². The van der Waals surface area contributed by atoms with Crippen molar-refractivity contribution in [1.82, 2.24) is 9.80 Å². The maximum absolute atomic E-state index is 13.6. The lowest BCUT2D eigenvalue weighted by atomic mass is 10.0. The zero-order chi connectivity index (χ0) is 21.0. The third-order valence-corrected chi connectivity index (χ3v) is 5.98. The quantitative estimate of drug-likeness (QED) is 0.764. The summed E-state index contributed by atoms with van der Waals surface area (Å²) in [6.07, 6.45) is 0.654. The highest BCUT2D eigenvalue weighted by Gasteiger charge is 2.27. The van der Waals surface area contributed by atoms with E-state index in [2.05, 4.69) is 29.7 Å². The first-order valence-corrected chi connectivity index (χ1v) is 10.1. The maximum Gasteiger partial charge on any atom is 0.159 e. The van der Waals surface area contributed by atoms with Gasteiger partial charge in [0.25, 0.3) is 0 Å². The smallest absolute Gasteiger partial charge is 0.159 e. The first-order valence-electron chi connectivity index (χ1n) is 10.1. The molecule has 0 spiro atoms. The molecule has 158 valence electrons. The zero-order valence-electron chi connectivity index (χ0n) is 17.4. The number of aliphatic hydroxyl groups excluding tert-OH is 1. The lowest BCUT2D eigenvalue weighted by Crippen LogP contribution is -2.52. The fraction of sp³-hybridized carbons (Fsp3) is 0.478. The van der Waals surface area contributed by atoms with Gasteiger partial charge in [0.1, 0.15) is 5.75 Å². The van der Waals surface area contributed by atoms with Crippen molar-refractivity contribution in [2.75, 3.05) is 33.4 Å². The molecule has 0 radical (unpaired) electrons. The number of methoxy groups -OCH3 is 1. The van der Waals surface area contributed by atoms with E-state index in [0.29, 0.717) is 13.0 Å². The molecule has 0 bridgehead atoms. The molecule has 1 saturated heterocycles. The van der Waals surface area contributed by atoms with Crippen LogP contribution in [0.2, 0.25) is 0 Å². The van der Waals surface area contributed by atoms with Gasteiger partial charge in [0.2, 0.25) is 0 Å². The molecular weight excluding hydrogens is 374 g/mol. The topological polar surface area (TPSA) is 35.9 Å². The molecule has 6 heteroatoms. The van der Waals surface area contributed by atoms with E-state index in [1.165, 1.54) is 23.3 Å². The molecule has 1 aliphatic rings. The summed E-state index contributed by atoms with van der Waals surface area (Å²) >= 11 is 0. The molecule has 2 aromatic carbocycles. The van der Waals surface area contributed by atoms with Crippen molar-refractivity contribution >= 4 is 0 Å². The van der Waals surface area contributed by atoms with Crippen LogP contribution in [-0.4, -0.2) is 54.3 Å². The predicted octanol–water partition coefficient (Wildman–Crippen LogP) is 3.66. The van der Waals surface area contributed by atoms with Gasteiger partial charge in [-0.3, -0.25) is 9.80 Å². The summed E-state index contributed by atoms with van der Waals surface area (Å²) in [6, 6.07) is 8.38. The van der Waals surface area contributed by atoms with E-state index < -0.39 is 11.6 Å². The average Bonchev–Trinajstić information content (AvgIpc) is 2.70. The van der Waals surface area contributed by atoms with Crippen LogP contribution < -0.4 is 4.74 Å². The molecule has 0 amide bonds. The van der Waals surface area contributed by atoms with E-state index in [1.54, 1.807) is 13.2 Å². The molecule has 1 heterocycles. The normalized spacial score (nSPS) is 18.2. The van der Waals surface area contributed by atoms with Crippen molar-refractivity contribution in [2.45, 2.75) is 39.4 Å². The molecular formula is C23H30F2N2O2. The van der Waals surface area contributed by atoms with Gasteiger partial charge >= 0.3 is 0 Å². The van der Waals surface area contributed by atoms with Gasteiger partial charge in [-0.2, -0.15) is 0 Å². The fourth-order valence-electron chi connectivity index (χ4n) is 4.09. The van der Waals surface area contributed by atoms with Crippen molar-refractivity contribution in [3.05, 3.63) is 64.2 Å². The number of benzene rings is 2. The van der Waals surface area contributed by atoms with Crippen molar-refractivity contribution in [2.24, 2.45) is 0 Å². The highest BCUT2D eigenvalue weighted by atomic mass is 19.2. The summed E-state index contributed by atoms with van der Waals surface area (Å²) in [4.78, 5) is 4.65. The number of piperazine rings is 1. The molecule has 29 heavy (non-hydrogen) atoms. The number of halogens is 2. The van der Waals surface area contributed by atoms with Gasteiger partial charge in [-0.05, 0) is 60.7 Å². The summed E-state index contributed by atoms with van der Waals surface area (Å²) in [6.45, 7) is 8.23. The van der Waals surface area contributed by atoms with Crippen LogP contribution >= 0.6 is 0 Å². The van der Waals surface area contributed by atoms with E-state index in [1.807, 2.05) is 6.07 Å². The standard InChI is InChI=1S/C23H30F2N2O2/c1-16-17(2)23(29-3)7-5-19(16)14-26-9-10-27(20(15-26)8-11-28)13-18-4-6-21(24)22(25)12-18/h4-7,12,20,28H,8-11,13-15H2,1-3H3. The summed E-state index contributed by atoms with van der Waals surface area (Å²) < 4.78 is 32.2. The highest BCUT2D eigenvalue weighted by Crippen LogP contribution is 2.26. The van der Waals surface area contributed by atoms with Gasteiger partial charge < -0.3 is 9.84 Å². The Hall–Kier alpha value is -2.02. The van der Waals surface area contributed by atoms with Gasteiger partial charge in [-0.15, -0.1) is 0 Å². The molecule has 1 fully saturated rings. The number of nitrogens with zero attached hydrogens (tertiary/aromatic N) is 2. The van der Waals surface area contributed by atoms with E-state index >= 15 is 0 Å². The van der Waals surface area contributed by atoms with Gasteiger partial charge in [0.15, 0.2) is 11.6 Å². The lowest BCUT2D eigenvalue weighted by Gasteiger charge is -2.41. The highest BCUT2D eigenvalue weighted by molar-refractivity contribution is 5.43. The van der Waals surface area contributed by atoms with Gasteiger partial charge in [0.05, 0.1) is 7.11 Å². The zero-order valence-corrected chi connectivity index (χ0v) is 17.4. The van der Waals surface area contributed by atoms with Crippen LogP contribution in [0, 0.1) is 25.5 Å². The van der Waals surface area contributed by atoms with Crippen LogP contribution in [0.15, 0.2) is 30.3 Å². The third-order valence-electron chi connectivity index (χ3n) is 5.98. The summed E-state index contributed by atoms with van der Waals surface area (Å²) in [5.41, 5.74) is 4.43. The maximum atomic E-state index is 13.6. The second-order valence-corrected chi connectivity index (χ2v) is 7.80. The number of hydrogen-bond acceptors (Lipinski definition) is 4. The molecule has 0 aliphatic carbocycles. The molecule has 1 aliphatic heterocycles. The molecule has 3 rings (SSSR count). The number of rotatable bonds is 7. The number of aliphatic hydroxyl groups is 1. The van der Waals surface area contributed by atoms with Crippen LogP contribution in [0.3, 0.4) is 0 Å². The molecule has 1 N–H and O–H groups in total. The molecule has 1 unspecified atom stereocenters. The second-order valence-electron chi connectivity index (χ2n) is 7.80. The van der Waals surface area contributed by atoms with Gasteiger partial charge in [-0.1, -0.05) is 12.1 Å². The van der Waals surface area contributed by atoms with Crippen LogP contribution in [0.4, 0.5) is 8.78 Å². The van der Waals surface area contributed by atoms with Crippen molar-refractivity contribution in [3.63, 3.8) is 0 Å². The first kappa shape index (κ1) is 21.7. The molecule has 2 aromatic rings. The predicted molar refractivity (Wildman–Crippen MR) is 110 cm³/mol. The summed E-state index contributed by atoms with van der Waals surface area (Å²) in [5, 5.41) is 9.53. The molecule has 4 nitrogen and oxygen atoms in total. The van der Waals surface area contributed by atoms with Crippen LogP contribution in [0.1, 0.15) is 28.7 Å². The minimum atomic E-state index is -0.823. The Morgan fingerprint density at radius 3 is 2.52 bits per heavy atom. The SMILES string of the molecule is COc1ccc(CN2CCN(Cc3ccc(F)c(F)c3)C(CCO)C2)c(C)c1C. The fourth-order valence-corrected chi connectivity index (χ4v) is 4.09. The molecule has 0 aromatic heterocycles. The Morgan fingerprint density at radius 2 is 1.83 bits per heavy atom. The Morgan fingerprint density at radius 1 is 1.03 bits per heavy atom. The minimum Gasteiger partial charge on any atom is -0.496 e. The molecule has 0 saturated carbocycles. The van der Waals surface area contributed by atoms with Crippen molar-refractivity contribution in [1.29, 1.82) is 0 Å². The Balaban J connectivity index is 1.68. The van der Waals surface area contributed by atoms with Crippen molar-refractivity contribution in [3.8, 4) is 5.75 Å². The number of ether oxygens (including phenoxy) is 1. The Bertz CT molecular complexity index is 844. The Kier molecular flexibility index (Phi) is 7.22. The van der Waals surface area contributed by atoms with Crippen LogP contribution in [0.25, 0.3) is 0 Å². The van der Waals surface area contributed by atoms with Crippen LogP contribution in [-0.2, 0) is 13.1 Å². The lowest BCUT2D eigenvalue weighted by molar-refractivity contribution is 0.0498. The van der Waals surface area contributed by atoms with Crippen molar-refractivity contribution < 1.29 is 18.6 Å². The van der Waals surface area contributed by atoms with E-state index in [9.17, 15) is 13.9 Å². The minimum absolute atomic E-state index is 0.105. The monoisotopic (exact) mass is 404 g/mol. The second kappa shape index (κ2) is 9.65. The van der Waals surface area contributed by atoms with E-state index in [0.717, 1.165) is 43.1 Å². The van der Waals surface area contributed by atoms with Crippen LogP contribution in [0.5, 0.6) is 5.75 Å². The number of hydrogen-bond donors (Lipinski definition) is 1. The average molecular weight is 405 g/mol. The van der Waals surface area contributed by atoms with Gasteiger partial charge in [0, 0.05) is 45.4 Å². The summed E-state index contributed by atoms with van der Waals surface area (Å²) in [7, 11) is 1.69. The first-order chi connectivity index (χ1) is 13.9. The van der Waals surface area contributed by atoms with E-state index in [-0.39, 0.29) is 12.6 Å². The Labute approximate surface area is 171 Å².